The largest absolute Gasteiger partial charge is 0.367 e. The Balaban J connectivity index is 1.75. The number of rotatable bonds is 3. The third kappa shape index (κ3) is 2.72. The van der Waals surface area contributed by atoms with E-state index in [2.05, 4.69) is 10.3 Å². The summed E-state index contributed by atoms with van der Waals surface area (Å²) in [4.78, 5) is 16.1. The van der Waals surface area contributed by atoms with Crippen LogP contribution in [0.15, 0.2) is 47.5 Å². The minimum Gasteiger partial charge on any atom is -0.367 e. The molecule has 2 aromatic heterocycles. The van der Waals surface area contributed by atoms with Crippen molar-refractivity contribution in [3.8, 4) is 5.69 Å². The summed E-state index contributed by atoms with van der Waals surface area (Å²) in [5.74, 6) is 0.830. The molecule has 0 amide bonds. The number of nitrogens with two attached hydrogens (primary N) is 1. The van der Waals surface area contributed by atoms with Gasteiger partial charge in [-0.2, -0.15) is 0 Å². The number of pyridine rings is 2. The minimum absolute atomic E-state index is 0.0585. The third-order valence-electron chi connectivity index (χ3n) is 3.67. The summed E-state index contributed by atoms with van der Waals surface area (Å²) in [6, 6.07) is 9.59. The second kappa shape index (κ2) is 5.46. The Kier molecular flexibility index (Phi) is 3.52. The summed E-state index contributed by atoms with van der Waals surface area (Å²) in [6.45, 7) is 0. The van der Waals surface area contributed by atoms with E-state index in [1.807, 2.05) is 18.2 Å². The molecule has 1 aliphatic rings. The monoisotopic (exact) mass is 270 g/mol. The van der Waals surface area contributed by atoms with E-state index in [4.69, 9.17) is 5.73 Å². The standard InChI is InChI=1S/C15H18N4O/c16-11-4-5-12(9-11)18-14-7-6-13(10-17-14)19-8-2-1-3-15(19)20/h1-3,6-8,10-12H,4-5,9,16H2,(H,17,18)/t11-,12?/m0/s1. The van der Waals surface area contributed by atoms with Gasteiger partial charge in [-0.05, 0) is 37.5 Å². The number of nitrogens with one attached hydrogen (secondary N) is 1. The second-order valence-electron chi connectivity index (χ2n) is 5.22. The van der Waals surface area contributed by atoms with Crippen LogP contribution in [0.1, 0.15) is 19.3 Å². The highest BCUT2D eigenvalue weighted by Gasteiger charge is 2.21. The van der Waals surface area contributed by atoms with Gasteiger partial charge in [0, 0.05) is 24.3 Å². The molecule has 0 radical (unpaired) electrons. The van der Waals surface area contributed by atoms with Crippen LogP contribution in [-0.2, 0) is 0 Å². The molecule has 3 N–H and O–H groups in total. The smallest absolute Gasteiger partial charge is 0.255 e. The van der Waals surface area contributed by atoms with Gasteiger partial charge in [0.25, 0.3) is 5.56 Å². The predicted octanol–water partition coefficient (Wildman–Crippen LogP) is 1.52. The zero-order chi connectivity index (χ0) is 13.9. The molecule has 5 heteroatoms. The van der Waals surface area contributed by atoms with Crippen molar-refractivity contribution < 1.29 is 0 Å². The van der Waals surface area contributed by atoms with Crippen LogP contribution < -0.4 is 16.6 Å². The van der Waals surface area contributed by atoms with Crippen LogP contribution in [0.4, 0.5) is 5.82 Å². The van der Waals surface area contributed by atoms with Gasteiger partial charge in [0.15, 0.2) is 0 Å². The van der Waals surface area contributed by atoms with Crippen molar-refractivity contribution >= 4 is 5.82 Å². The van der Waals surface area contributed by atoms with Crippen molar-refractivity contribution in [1.29, 1.82) is 0 Å². The molecule has 0 spiro atoms. The van der Waals surface area contributed by atoms with Crippen LogP contribution in [0.2, 0.25) is 0 Å². The van der Waals surface area contributed by atoms with Crippen molar-refractivity contribution in [2.24, 2.45) is 5.73 Å². The van der Waals surface area contributed by atoms with E-state index in [9.17, 15) is 4.79 Å². The Labute approximate surface area is 117 Å². The molecular weight excluding hydrogens is 252 g/mol. The predicted molar refractivity (Wildman–Crippen MR) is 79.1 cm³/mol. The van der Waals surface area contributed by atoms with Gasteiger partial charge in [0.05, 0.1) is 11.9 Å². The lowest BCUT2D eigenvalue weighted by molar-refractivity contribution is 0.686. The number of aromatic nitrogens is 2. The van der Waals surface area contributed by atoms with Gasteiger partial charge in [0.2, 0.25) is 0 Å². The Morgan fingerprint density at radius 2 is 2.15 bits per heavy atom. The third-order valence-corrected chi connectivity index (χ3v) is 3.67. The first-order valence-corrected chi connectivity index (χ1v) is 6.88. The van der Waals surface area contributed by atoms with E-state index >= 15 is 0 Å². The average Bonchev–Trinajstić information content (AvgIpc) is 2.86. The van der Waals surface area contributed by atoms with Crippen LogP contribution in [0.25, 0.3) is 5.69 Å². The molecule has 1 aliphatic carbocycles. The summed E-state index contributed by atoms with van der Waals surface area (Å²) in [5.41, 5.74) is 6.61. The summed E-state index contributed by atoms with van der Waals surface area (Å²) in [7, 11) is 0. The highest BCUT2D eigenvalue weighted by molar-refractivity contribution is 5.41. The van der Waals surface area contributed by atoms with Crippen LogP contribution >= 0.6 is 0 Å². The molecule has 2 heterocycles. The molecule has 1 fully saturated rings. The van der Waals surface area contributed by atoms with Crippen molar-refractivity contribution in [1.82, 2.24) is 9.55 Å². The molecule has 0 saturated heterocycles. The molecule has 1 unspecified atom stereocenters. The van der Waals surface area contributed by atoms with E-state index in [1.54, 1.807) is 23.0 Å². The summed E-state index contributed by atoms with van der Waals surface area (Å²) in [5, 5.41) is 3.39. The Bertz CT molecular complexity index is 635. The quantitative estimate of drug-likeness (QED) is 0.887. The van der Waals surface area contributed by atoms with E-state index in [0.717, 1.165) is 30.8 Å². The lowest BCUT2D eigenvalue weighted by atomic mass is 10.2. The lowest BCUT2D eigenvalue weighted by Crippen LogP contribution is -2.21. The minimum atomic E-state index is -0.0585. The Morgan fingerprint density at radius 3 is 2.80 bits per heavy atom. The van der Waals surface area contributed by atoms with Crippen molar-refractivity contribution in [2.45, 2.75) is 31.3 Å². The normalized spacial score (nSPS) is 21.9. The number of hydrogen-bond donors (Lipinski definition) is 2. The molecule has 104 valence electrons. The Hall–Kier alpha value is -2.14. The molecule has 3 rings (SSSR count). The summed E-state index contributed by atoms with van der Waals surface area (Å²) < 4.78 is 1.57. The topological polar surface area (TPSA) is 72.9 Å². The highest BCUT2D eigenvalue weighted by Crippen LogP contribution is 2.21. The summed E-state index contributed by atoms with van der Waals surface area (Å²) >= 11 is 0. The van der Waals surface area contributed by atoms with E-state index in [1.165, 1.54) is 6.07 Å². The van der Waals surface area contributed by atoms with Crippen molar-refractivity contribution in [3.05, 3.63) is 53.1 Å². The number of anilines is 1. The van der Waals surface area contributed by atoms with Crippen molar-refractivity contribution in [3.63, 3.8) is 0 Å². The van der Waals surface area contributed by atoms with E-state index in [-0.39, 0.29) is 5.56 Å². The van der Waals surface area contributed by atoms with E-state index < -0.39 is 0 Å². The molecule has 0 aromatic carbocycles. The summed E-state index contributed by atoms with van der Waals surface area (Å²) in [6.07, 6.45) is 6.58. The fourth-order valence-corrected chi connectivity index (χ4v) is 2.61. The maximum Gasteiger partial charge on any atom is 0.255 e. The molecule has 20 heavy (non-hydrogen) atoms. The maximum absolute atomic E-state index is 11.7. The van der Waals surface area contributed by atoms with E-state index in [0.29, 0.717) is 12.1 Å². The lowest BCUT2D eigenvalue weighted by Gasteiger charge is -2.13. The molecule has 0 bridgehead atoms. The van der Waals surface area contributed by atoms with Gasteiger partial charge in [-0.3, -0.25) is 9.36 Å². The molecule has 2 aromatic rings. The van der Waals surface area contributed by atoms with Crippen molar-refractivity contribution in [2.75, 3.05) is 5.32 Å². The van der Waals surface area contributed by atoms with Gasteiger partial charge in [-0.1, -0.05) is 6.07 Å². The Morgan fingerprint density at radius 1 is 1.25 bits per heavy atom. The van der Waals surface area contributed by atoms with Gasteiger partial charge in [-0.25, -0.2) is 4.98 Å². The zero-order valence-electron chi connectivity index (χ0n) is 11.2. The van der Waals surface area contributed by atoms with Crippen LogP contribution in [-0.4, -0.2) is 21.6 Å². The molecular formula is C15H18N4O. The first-order valence-electron chi connectivity index (χ1n) is 6.88. The first-order chi connectivity index (χ1) is 9.72. The van der Waals surface area contributed by atoms with Gasteiger partial charge >= 0.3 is 0 Å². The number of hydrogen-bond acceptors (Lipinski definition) is 4. The number of nitrogens with zero attached hydrogens (tertiary/aromatic N) is 2. The maximum atomic E-state index is 11.7. The average molecular weight is 270 g/mol. The highest BCUT2D eigenvalue weighted by atomic mass is 16.1. The zero-order valence-corrected chi connectivity index (χ0v) is 11.2. The molecule has 0 aliphatic heterocycles. The van der Waals surface area contributed by atoms with Gasteiger partial charge in [-0.15, -0.1) is 0 Å². The van der Waals surface area contributed by atoms with Crippen LogP contribution in [0.5, 0.6) is 0 Å². The fourth-order valence-electron chi connectivity index (χ4n) is 2.61. The van der Waals surface area contributed by atoms with Crippen LogP contribution in [0.3, 0.4) is 0 Å². The second-order valence-corrected chi connectivity index (χ2v) is 5.22. The van der Waals surface area contributed by atoms with Gasteiger partial charge in [0.1, 0.15) is 5.82 Å². The molecule has 1 saturated carbocycles. The van der Waals surface area contributed by atoms with Crippen LogP contribution in [0, 0.1) is 0 Å². The van der Waals surface area contributed by atoms with Gasteiger partial charge < -0.3 is 11.1 Å². The molecule has 2 atom stereocenters. The first kappa shape index (κ1) is 12.9. The molecule has 5 nitrogen and oxygen atoms in total. The fraction of sp³-hybridized carbons (Fsp3) is 0.333. The SMILES string of the molecule is N[C@H]1CCC(Nc2ccc(-n3ccccc3=O)cn2)C1.